The van der Waals surface area contributed by atoms with Crippen LogP contribution in [-0.2, 0) is 14.4 Å². The molecule has 8 heteroatoms. The van der Waals surface area contributed by atoms with Gasteiger partial charge < -0.3 is 10.1 Å². The predicted octanol–water partition coefficient (Wildman–Crippen LogP) is 3.76. The summed E-state index contributed by atoms with van der Waals surface area (Å²) in [4.78, 5) is 37.6. The fourth-order valence-electron chi connectivity index (χ4n) is 4.82. The van der Waals surface area contributed by atoms with Gasteiger partial charge in [0, 0.05) is 5.69 Å². The Morgan fingerprint density at radius 2 is 1.79 bits per heavy atom. The number of halogens is 1. The van der Waals surface area contributed by atoms with E-state index in [0.717, 1.165) is 31.8 Å². The number of allylic oxidation sites excluding steroid dienone is 2. The quantitative estimate of drug-likeness (QED) is 0.255. The second-order valence-corrected chi connectivity index (χ2v) is 9.79. The van der Waals surface area contributed by atoms with E-state index in [-0.39, 0.29) is 48.0 Å². The molecule has 3 aliphatic rings. The molecule has 1 saturated carbocycles. The molecule has 1 aliphatic heterocycles. The smallest absolute Gasteiger partial charge is 0.262 e. The van der Waals surface area contributed by atoms with Gasteiger partial charge in [0.2, 0.25) is 0 Å². The summed E-state index contributed by atoms with van der Waals surface area (Å²) in [5.41, 5.74) is 2.57. The topological polar surface area (TPSA) is 88.1 Å². The molecule has 1 heterocycles. The van der Waals surface area contributed by atoms with Gasteiger partial charge in [0.15, 0.2) is 6.61 Å². The van der Waals surface area contributed by atoms with Crippen molar-refractivity contribution in [1.82, 2.24) is 5.01 Å². The number of amides is 3. The second-order valence-electron chi connectivity index (χ2n) is 8.63. The van der Waals surface area contributed by atoms with E-state index in [4.69, 9.17) is 4.74 Å². The average Bonchev–Trinajstić information content (AvgIpc) is 3.47. The van der Waals surface area contributed by atoms with Gasteiger partial charge >= 0.3 is 0 Å². The van der Waals surface area contributed by atoms with Crippen molar-refractivity contribution in [2.45, 2.75) is 13.3 Å². The number of hydrogen-bond acceptors (Lipinski definition) is 5. The molecule has 2 aliphatic carbocycles. The number of imide groups is 1. The number of carbonyl (C=O) groups excluding carboxylic acids is 3. The van der Waals surface area contributed by atoms with Crippen molar-refractivity contribution in [3.05, 3.63) is 69.3 Å². The van der Waals surface area contributed by atoms with Gasteiger partial charge in [0.05, 0.1) is 21.6 Å². The number of anilines is 1. The average molecular weight is 555 g/mol. The minimum Gasteiger partial charge on any atom is -0.483 e. The number of fused-ring (bicyclic) bond motifs is 5. The normalized spacial score (nSPS) is 25.2. The molecule has 1 saturated heterocycles. The first-order chi connectivity index (χ1) is 15.9. The molecule has 4 atom stereocenters. The van der Waals surface area contributed by atoms with E-state index in [0.29, 0.717) is 5.75 Å². The van der Waals surface area contributed by atoms with Gasteiger partial charge in [0.1, 0.15) is 5.75 Å². The van der Waals surface area contributed by atoms with E-state index in [2.05, 4.69) is 45.2 Å². The minimum atomic E-state index is -0.258. The Kier molecular flexibility index (Phi) is 5.77. The molecule has 0 unspecified atom stereocenters. The zero-order valence-electron chi connectivity index (χ0n) is 17.9. The predicted molar refractivity (Wildman–Crippen MR) is 132 cm³/mol. The minimum absolute atomic E-state index is 0.118. The largest absolute Gasteiger partial charge is 0.483 e. The number of ether oxygens (including phenoxy) is 1. The molecule has 33 heavy (non-hydrogen) atoms. The maximum Gasteiger partial charge on any atom is 0.262 e. The summed E-state index contributed by atoms with van der Waals surface area (Å²) in [7, 11) is 0. The molecule has 7 nitrogen and oxygen atoms in total. The number of hydrazone groups is 1. The Labute approximate surface area is 205 Å². The highest BCUT2D eigenvalue weighted by molar-refractivity contribution is 14.1. The van der Waals surface area contributed by atoms with E-state index in [1.54, 1.807) is 12.1 Å². The highest BCUT2D eigenvalue weighted by Gasteiger charge is 2.59. The van der Waals surface area contributed by atoms with Gasteiger partial charge in [-0.1, -0.05) is 29.8 Å². The second kappa shape index (κ2) is 8.74. The van der Waals surface area contributed by atoms with Crippen LogP contribution in [0.25, 0.3) is 0 Å². The number of rotatable bonds is 6. The number of nitrogens with one attached hydrogen (secondary N) is 1. The summed E-state index contributed by atoms with van der Waals surface area (Å²) >= 11 is 2.12. The molecule has 0 spiro atoms. The number of benzene rings is 2. The van der Waals surface area contributed by atoms with E-state index < -0.39 is 0 Å². The Bertz CT molecular complexity index is 1160. The lowest BCUT2D eigenvalue weighted by atomic mass is 9.85. The first kappa shape index (κ1) is 21.8. The van der Waals surface area contributed by atoms with Gasteiger partial charge in [-0.05, 0) is 83.7 Å². The van der Waals surface area contributed by atoms with Crippen molar-refractivity contribution in [1.29, 1.82) is 0 Å². The first-order valence-electron chi connectivity index (χ1n) is 10.8. The van der Waals surface area contributed by atoms with Gasteiger partial charge in [-0.25, -0.2) is 0 Å². The van der Waals surface area contributed by atoms with Crippen LogP contribution in [0.1, 0.15) is 17.5 Å². The summed E-state index contributed by atoms with van der Waals surface area (Å²) in [6.07, 6.45) is 6.54. The van der Waals surface area contributed by atoms with Crippen molar-refractivity contribution in [2.24, 2.45) is 28.8 Å². The van der Waals surface area contributed by atoms with E-state index in [1.165, 1.54) is 6.21 Å². The van der Waals surface area contributed by atoms with Gasteiger partial charge in [0.25, 0.3) is 17.7 Å². The van der Waals surface area contributed by atoms with E-state index in [1.807, 2.05) is 37.3 Å². The Hall–Kier alpha value is -3.01. The third-order valence-electron chi connectivity index (χ3n) is 6.42. The lowest BCUT2D eigenvalue weighted by Crippen LogP contribution is -2.28. The van der Waals surface area contributed by atoms with Crippen LogP contribution in [0.15, 0.2) is 59.7 Å². The van der Waals surface area contributed by atoms with Crippen molar-refractivity contribution >= 4 is 52.2 Å². The molecule has 1 N–H and O–H groups in total. The number of carbonyl (C=O) groups is 3. The highest BCUT2D eigenvalue weighted by Crippen LogP contribution is 2.52. The Morgan fingerprint density at radius 1 is 1.12 bits per heavy atom. The zero-order valence-corrected chi connectivity index (χ0v) is 20.1. The van der Waals surface area contributed by atoms with Crippen LogP contribution >= 0.6 is 22.6 Å². The van der Waals surface area contributed by atoms with Crippen molar-refractivity contribution < 1.29 is 19.1 Å². The molecule has 5 rings (SSSR count). The molecule has 2 aromatic carbocycles. The number of hydrogen-bond donors (Lipinski definition) is 1. The van der Waals surface area contributed by atoms with Crippen molar-refractivity contribution in [3.63, 3.8) is 0 Å². The molecule has 0 aromatic heterocycles. The summed E-state index contributed by atoms with van der Waals surface area (Å²) in [6.45, 7) is 1.87. The van der Waals surface area contributed by atoms with Crippen LogP contribution in [0.3, 0.4) is 0 Å². The van der Waals surface area contributed by atoms with Crippen molar-refractivity contribution in [2.75, 3.05) is 11.9 Å². The fourth-order valence-corrected chi connectivity index (χ4v) is 5.51. The van der Waals surface area contributed by atoms with E-state index in [9.17, 15) is 14.4 Å². The molecule has 0 radical (unpaired) electrons. The van der Waals surface area contributed by atoms with Crippen LogP contribution in [0.5, 0.6) is 5.75 Å². The zero-order chi connectivity index (χ0) is 23.1. The Balaban J connectivity index is 1.19. The lowest BCUT2D eigenvalue weighted by Gasteiger charge is -2.13. The van der Waals surface area contributed by atoms with Crippen molar-refractivity contribution in [3.8, 4) is 5.75 Å². The molecule has 2 fully saturated rings. The molecular formula is C25H22IN3O4. The molecule has 3 amide bonds. The number of nitrogens with zero attached hydrogens (tertiary/aromatic N) is 2. The highest BCUT2D eigenvalue weighted by atomic mass is 127. The standard InChI is InChI=1S/C25H22IN3O4/c1-14-2-7-18(8-3-14)28-21(30)13-33-20-9-4-15(10-19(20)26)12-27-29-24(31)22-16-5-6-17(11-16)23(22)25(29)32/h2-10,12,16-17,22-23H,11,13H2,1H3,(H,28,30)/t16-,17-,22-,23+/m0/s1. The first-order valence-corrected chi connectivity index (χ1v) is 11.9. The Morgan fingerprint density at radius 3 is 2.42 bits per heavy atom. The summed E-state index contributed by atoms with van der Waals surface area (Å²) < 4.78 is 6.44. The van der Waals surface area contributed by atoms with Crippen LogP contribution < -0.4 is 10.1 Å². The SMILES string of the molecule is Cc1ccc(NC(=O)COc2ccc(C=NN3C(=O)[C@@H]4[C@H](C3=O)[C@H]3C=C[C@H]4C3)cc2I)cc1. The lowest BCUT2D eigenvalue weighted by molar-refractivity contribution is -0.140. The van der Waals surface area contributed by atoms with Gasteiger partial charge in [-0.2, -0.15) is 10.1 Å². The van der Waals surface area contributed by atoms with Gasteiger partial charge in [-0.3, -0.25) is 14.4 Å². The maximum atomic E-state index is 12.7. The van der Waals surface area contributed by atoms with Crippen LogP contribution in [0.2, 0.25) is 0 Å². The molecule has 168 valence electrons. The third kappa shape index (κ3) is 4.19. The summed E-state index contributed by atoms with van der Waals surface area (Å²) in [5, 5.41) is 8.04. The summed E-state index contributed by atoms with van der Waals surface area (Å²) in [5.74, 6) is -0.273. The summed E-state index contributed by atoms with van der Waals surface area (Å²) in [6, 6.07) is 12.9. The molecule has 2 bridgehead atoms. The van der Waals surface area contributed by atoms with Crippen LogP contribution in [0, 0.1) is 34.2 Å². The number of aryl methyl sites for hydroxylation is 1. The van der Waals surface area contributed by atoms with Crippen LogP contribution in [0.4, 0.5) is 5.69 Å². The molecule has 2 aromatic rings. The third-order valence-corrected chi connectivity index (χ3v) is 7.26. The maximum absolute atomic E-state index is 12.7. The molecular weight excluding hydrogens is 533 g/mol. The van der Waals surface area contributed by atoms with Crippen LogP contribution in [-0.4, -0.2) is 35.6 Å². The van der Waals surface area contributed by atoms with E-state index >= 15 is 0 Å². The van der Waals surface area contributed by atoms with Gasteiger partial charge in [-0.15, -0.1) is 0 Å². The fraction of sp³-hybridized carbons (Fsp3) is 0.280. The monoisotopic (exact) mass is 555 g/mol.